The van der Waals surface area contributed by atoms with Gasteiger partial charge in [0.05, 0.1) is 12.8 Å². The number of nitrogens with zero attached hydrogens (tertiary/aromatic N) is 2. The first-order valence-electron chi connectivity index (χ1n) is 9.57. The third-order valence-electron chi connectivity index (χ3n) is 4.78. The van der Waals surface area contributed by atoms with Crippen LogP contribution in [0.1, 0.15) is 5.56 Å². The van der Waals surface area contributed by atoms with Gasteiger partial charge in [-0.3, -0.25) is 5.43 Å². The van der Waals surface area contributed by atoms with Gasteiger partial charge in [0.15, 0.2) is 5.11 Å². The molecule has 30 heavy (non-hydrogen) atoms. The lowest BCUT2D eigenvalue weighted by Crippen LogP contribution is -2.24. The molecule has 0 radical (unpaired) electrons. The number of ether oxygens (including phenoxy) is 1. The van der Waals surface area contributed by atoms with Gasteiger partial charge in [-0.05, 0) is 54.2 Å². The molecule has 0 spiro atoms. The molecule has 0 unspecified atom stereocenters. The summed E-state index contributed by atoms with van der Waals surface area (Å²) in [6, 6.07) is 23.9. The summed E-state index contributed by atoms with van der Waals surface area (Å²) in [7, 11) is 0. The zero-order valence-electron chi connectivity index (χ0n) is 16.2. The number of benzene rings is 3. The van der Waals surface area contributed by atoms with Crippen LogP contribution in [0.5, 0.6) is 5.75 Å². The van der Waals surface area contributed by atoms with Crippen molar-refractivity contribution in [3.8, 4) is 5.75 Å². The molecule has 0 bridgehead atoms. The van der Waals surface area contributed by atoms with Gasteiger partial charge >= 0.3 is 0 Å². The van der Waals surface area contributed by atoms with E-state index in [0.717, 1.165) is 16.6 Å². The van der Waals surface area contributed by atoms with E-state index in [9.17, 15) is 5.11 Å². The number of nitrogens with one attached hydrogen (secondary N) is 1. The van der Waals surface area contributed by atoms with E-state index in [0.29, 0.717) is 12.3 Å². The summed E-state index contributed by atoms with van der Waals surface area (Å²) in [5.74, 6) is 0.677. The van der Waals surface area contributed by atoms with Crippen molar-refractivity contribution in [2.45, 2.75) is 12.6 Å². The van der Waals surface area contributed by atoms with Crippen LogP contribution < -0.4 is 15.9 Å². The maximum atomic E-state index is 10.6. The molecule has 1 heterocycles. The molecule has 0 saturated heterocycles. The highest BCUT2D eigenvalue weighted by molar-refractivity contribution is 7.80. The first kappa shape index (κ1) is 19.9. The van der Waals surface area contributed by atoms with Gasteiger partial charge in [-0.15, -0.1) is 0 Å². The summed E-state index contributed by atoms with van der Waals surface area (Å²) in [6.45, 7) is 0.640. The molecule has 152 valence electrons. The van der Waals surface area contributed by atoms with Gasteiger partial charge in [-0.2, -0.15) is 5.10 Å². The summed E-state index contributed by atoms with van der Waals surface area (Å²) in [6.07, 6.45) is 0.959. The number of hydrazone groups is 1. The van der Waals surface area contributed by atoms with Crippen molar-refractivity contribution in [2.24, 2.45) is 10.8 Å². The summed E-state index contributed by atoms with van der Waals surface area (Å²) in [5.41, 5.74) is 10.9. The molecule has 4 aromatic rings. The van der Waals surface area contributed by atoms with Crippen LogP contribution in [0.2, 0.25) is 0 Å². The van der Waals surface area contributed by atoms with Crippen molar-refractivity contribution in [3.63, 3.8) is 0 Å². The molecule has 0 aliphatic rings. The van der Waals surface area contributed by atoms with Crippen molar-refractivity contribution in [2.75, 3.05) is 6.61 Å². The molecule has 0 fully saturated rings. The van der Waals surface area contributed by atoms with Crippen LogP contribution in [0.3, 0.4) is 0 Å². The number of rotatable bonds is 7. The number of hydrogen-bond donors (Lipinski definition) is 3. The number of nitrogens with two attached hydrogens (primary N) is 1. The van der Waals surface area contributed by atoms with E-state index in [4.69, 9.17) is 22.7 Å². The van der Waals surface area contributed by atoms with E-state index >= 15 is 0 Å². The molecule has 4 rings (SSSR count). The third kappa shape index (κ3) is 4.42. The molecule has 0 saturated carbocycles. The minimum Gasteiger partial charge on any atom is -0.491 e. The average Bonchev–Trinajstić information content (AvgIpc) is 3.07. The number of thiocarbonyl (C=S) groups is 1. The fourth-order valence-electron chi connectivity index (χ4n) is 3.48. The number of hydrogen-bond acceptors (Lipinski definition) is 4. The van der Waals surface area contributed by atoms with Crippen LogP contribution in [0.4, 0.5) is 0 Å². The minimum absolute atomic E-state index is 0.114. The standard InChI is InChI=1S/C23H22N4O2S/c24-23(30)26-25-13-16-9-11-18(12-10-16)29-15-17(28)14-27-21-7-3-1-5-19(21)20-6-2-4-8-22(20)27/h1-13,17,28H,14-15H2,(H3,24,26,30)/t17-/m1/s1. The van der Waals surface area contributed by atoms with Gasteiger partial charge in [0.2, 0.25) is 0 Å². The average molecular weight is 419 g/mol. The summed E-state index contributed by atoms with van der Waals surface area (Å²) >= 11 is 4.69. The van der Waals surface area contributed by atoms with Gasteiger partial charge in [-0.25, -0.2) is 0 Å². The third-order valence-corrected chi connectivity index (χ3v) is 4.88. The molecule has 1 atom stereocenters. The van der Waals surface area contributed by atoms with Crippen LogP contribution in [-0.4, -0.2) is 33.7 Å². The lowest BCUT2D eigenvalue weighted by atomic mass is 10.2. The Kier molecular flexibility index (Phi) is 5.92. The highest BCUT2D eigenvalue weighted by atomic mass is 32.1. The van der Waals surface area contributed by atoms with Crippen LogP contribution in [0.15, 0.2) is 77.9 Å². The van der Waals surface area contributed by atoms with Crippen LogP contribution >= 0.6 is 12.2 Å². The van der Waals surface area contributed by atoms with E-state index in [1.807, 2.05) is 48.5 Å². The van der Waals surface area contributed by atoms with Crippen LogP contribution in [0.25, 0.3) is 21.8 Å². The number of aliphatic hydroxyl groups is 1. The maximum Gasteiger partial charge on any atom is 0.184 e. The largest absolute Gasteiger partial charge is 0.491 e. The summed E-state index contributed by atoms with van der Waals surface area (Å²) < 4.78 is 7.92. The van der Waals surface area contributed by atoms with Crippen molar-refractivity contribution in [1.82, 2.24) is 9.99 Å². The molecule has 0 aliphatic carbocycles. The molecule has 3 aromatic carbocycles. The molecular weight excluding hydrogens is 396 g/mol. The highest BCUT2D eigenvalue weighted by Crippen LogP contribution is 2.28. The second-order valence-corrected chi connectivity index (χ2v) is 7.35. The zero-order chi connectivity index (χ0) is 20.9. The molecular formula is C23H22N4O2S. The Morgan fingerprint density at radius 2 is 1.63 bits per heavy atom. The van der Waals surface area contributed by atoms with Crippen molar-refractivity contribution >= 4 is 45.4 Å². The fraction of sp³-hybridized carbons (Fsp3) is 0.130. The molecule has 1 aromatic heterocycles. The monoisotopic (exact) mass is 418 g/mol. The molecule has 6 nitrogen and oxygen atoms in total. The number of fused-ring (bicyclic) bond motifs is 3. The maximum absolute atomic E-state index is 10.6. The Morgan fingerprint density at radius 1 is 1.03 bits per heavy atom. The first-order chi connectivity index (χ1) is 14.6. The Bertz CT molecular complexity index is 1150. The fourth-order valence-corrected chi connectivity index (χ4v) is 3.53. The predicted octanol–water partition coefficient (Wildman–Crippen LogP) is 3.40. The van der Waals surface area contributed by atoms with E-state index in [2.05, 4.69) is 39.4 Å². The highest BCUT2D eigenvalue weighted by Gasteiger charge is 2.13. The lowest BCUT2D eigenvalue weighted by Gasteiger charge is -2.15. The van der Waals surface area contributed by atoms with E-state index in [1.54, 1.807) is 6.21 Å². The SMILES string of the molecule is NC(=S)NN=Cc1ccc(OC[C@H](O)Cn2c3ccccc3c3ccccc32)cc1. The minimum atomic E-state index is -0.653. The number of aliphatic hydroxyl groups excluding tert-OH is 1. The Morgan fingerprint density at radius 3 is 2.23 bits per heavy atom. The molecule has 4 N–H and O–H groups in total. The predicted molar refractivity (Wildman–Crippen MR) is 125 cm³/mol. The van der Waals surface area contributed by atoms with Gasteiger partial charge < -0.3 is 20.1 Å². The quantitative estimate of drug-likeness (QED) is 0.243. The second kappa shape index (κ2) is 8.94. The second-order valence-electron chi connectivity index (χ2n) is 6.91. The smallest absolute Gasteiger partial charge is 0.184 e. The van der Waals surface area contributed by atoms with E-state index in [-0.39, 0.29) is 11.7 Å². The van der Waals surface area contributed by atoms with Gasteiger partial charge in [0.25, 0.3) is 0 Å². The Hall–Kier alpha value is -3.42. The summed E-state index contributed by atoms with van der Waals surface area (Å²) in [5, 5.41) is 17.0. The van der Waals surface area contributed by atoms with Crippen molar-refractivity contribution in [3.05, 3.63) is 78.4 Å². The number of aromatic nitrogens is 1. The molecule has 7 heteroatoms. The molecule has 0 aliphatic heterocycles. The van der Waals surface area contributed by atoms with Crippen LogP contribution in [0, 0.1) is 0 Å². The topological polar surface area (TPSA) is 84.8 Å². The van der Waals surface area contributed by atoms with Gasteiger partial charge in [0.1, 0.15) is 18.5 Å². The van der Waals surface area contributed by atoms with Crippen LogP contribution in [-0.2, 0) is 6.54 Å². The Labute approximate surface area is 179 Å². The van der Waals surface area contributed by atoms with Gasteiger partial charge in [0, 0.05) is 21.8 Å². The Balaban J connectivity index is 1.42. The lowest BCUT2D eigenvalue weighted by molar-refractivity contribution is 0.0945. The zero-order valence-corrected chi connectivity index (χ0v) is 17.0. The van der Waals surface area contributed by atoms with Gasteiger partial charge in [-0.1, -0.05) is 36.4 Å². The van der Waals surface area contributed by atoms with Crippen molar-refractivity contribution in [1.29, 1.82) is 0 Å². The molecule has 0 amide bonds. The van der Waals surface area contributed by atoms with Crippen molar-refractivity contribution < 1.29 is 9.84 Å². The first-order valence-corrected chi connectivity index (χ1v) is 9.98. The van der Waals surface area contributed by atoms with E-state index in [1.165, 1.54) is 10.8 Å². The van der Waals surface area contributed by atoms with E-state index < -0.39 is 6.10 Å². The number of para-hydroxylation sites is 2. The normalized spacial score (nSPS) is 12.4. The summed E-state index contributed by atoms with van der Waals surface area (Å²) in [4.78, 5) is 0.